The van der Waals surface area contributed by atoms with E-state index in [4.69, 9.17) is 28.8 Å². The number of nitrogens with zero attached hydrogens (tertiary/aromatic N) is 5. The van der Waals surface area contributed by atoms with Gasteiger partial charge in [0.15, 0.2) is 0 Å². The standard InChI is InChI=1S/C27H32ClN7S/c1-17-7-6-8-23(21(17)5)31-27(36)33-26(32-25-29-19(3)15-20(4)30-25)35-13-11-34(12-14-35)24-16-22(28)10-9-18(24)2/h6-10,15-16H,11-14H2,1-5H3,(H2,29,30,31,32,33,36). The van der Waals surface area contributed by atoms with Crippen molar-refractivity contribution in [2.45, 2.75) is 34.6 Å². The summed E-state index contributed by atoms with van der Waals surface area (Å²) < 4.78 is 0. The van der Waals surface area contributed by atoms with Gasteiger partial charge >= 0.3 is 0 Å². The molecule has 0 amide bonds. The van der Waals surface area contributed by atoms with Crippen LogP contribution in [0.2, 0.25) is 5.02 Å². The highest BCUT2D eigenvalue weighted by atomic mass is 35.5. The predicted molar refractivity (Wildman–Crippen MR) is 155 cm³/mol. The minimum Gasteiger partial charge on any atom is -0.368 e. The second-order valence-corrected chi connectivity index (χ2v) is 9.94. The van der Waals surface area contributed by atoms with Crippen LogP contribution >= 0.6 is 23.8 Å². The Bertz CT molecular complexity index is 1280. The number of halogens is 1. The van der Waals surface area contributed by atoms with E-state index < -0.39 is 0 Å². The van der Waals surface area contributed by atoms with Gasteiger partial charge in [0.05, 0.1) is 0 Å². The normalized spacial score (nSPS) is 14.1. The molecular formula is C27H32ClN7S. The maximum atomic E-state index is 6.27. The van der Waals surface area contributed by atoms with E-state index in [9.17, 15) is 0 Å². The van der Waals surface area contributed by atoms with Crippen molar-refractivity contribution in [2.75, 3.05) is 41.7 Å². The quantitative estimate of drug-likeness (QED) is 0.262. The molecule has 3 aromatic rings. The first-order chi connectivity index (χ1) is 17.2. The molecule has 1 fully saturated rings. The smallest absolute Gasteiger partial charge is 0.229 e. The number of hydrogen-bond acceptors (Lipinski definition) is 4. The zero-order chi connectivity index (χ0) is 25.8. The van der Waals surface area contributed by atoms with Gasteiger partial charge in [-0.05, 0) is 87.8 Å². The van der Waals surface area contributed by atoms with Crippen molar-refractivity contribution < 1.29 is 0 Å². The van der Waals surface area contributed by atoms with Crippen LogP contribution in [0.25, 0.3) is 0 Å². The van der Waals surface area contributed by atoms with Gasteiger partial charge in [-0.3, -0.25) is 5.32 Å². The molecule has 0 atom stereocenters. The first-order valence-electron chi connectivity index (χ1n) is 12.0. The largest absolute Gasteiger partial charge is 0.368 e. The molecular weight excluding hydrogens is 490 g/mol. The predicted octanol–water partition coefficient (Wildman–Crippen LogP) is 5.66. The van der Waals surface area contributed by atoms with E-state index in [1.54, 1.807) is 0 Å². The van der Waals surface area contributed by atoms with Gasteiger partial charge in [0.25, 0.3) is 0 Å². The SMILES string of the molecule is Cc1cc(C)nc(N/C(=N/C(=S)Nc2cccc(C)c2C)N2CCN(c3cc(Cl)ccc3C)CC2)n1. The Morgan fingerprint density at radius 3 is 2.28 bits per heavy atom. The number of piperazine rings is 1. The van der Waals surface area contributed by atoms with Gasteiger partial charge in [-0.1, -0.05) is 29.8 Å². The lowest BCUT2D eigenvalue weighted by Gasteiger charge is -2.38. The number of aliphatic imine (C=N–C) groups is 1. The molecule has 2 N–H and O–H groups in total. The summed E-state index contributed by atoms with van der Waals surface area (Å²) in [6.45, 7) is 13.3. The van der Waals surface area contributed by atoms with Crippen LogP contribution < -0.4 is 15.5 Å². The Morgan fingerprint density at radius 1 is 0.889 bits per heavy atom. The lowest BCUT2D eigenvalue weighted by Crippen LogP contribution is -2.51. The monoisotopic (exact) mass is 521 g/mol. The first-order valence-corrected chi connectivity index (χ1v) is 12.8. The molecule has 9 heteroatoms. The minimum atomic E-state index is 0.378. The van der Waals surface area contributed by atoms with Gasteiger partial charge in [-0.2, -0.15) is 4.99 Å². The molecule has 0 radical (unpaired) electrons. The molecule has 1 aliphatic rings. The number of anilines is 3. The van der Waals surface area contributed by atoms with Crippen LogP contribution in [0.4, 0.5) is 17.3 Å². The number of benzene rings is 2. The van der Waals surface area contributed by atoms with E-state index in [2.05, 4.69) is 63.3 Å². The molecule has 2 aromatic carbocycles. The fourth-order valence-electron chi connectivity index (χ4n) is 4.27. The van der Waals surface area contributed by atoms with Crippen molar-refractivity contribution in [3.8, 4) is 0 Å². The summed E-state index contributed by atoms with van der Waals surface area (Å²) in [5.41, 5.74) is 7.45. The molecule has 0 unspecified atom stereocenters. The summed E-state index contributed by atoms with van der Waals surface area (Å²) >= 11 is 11.9. The van der Waals surface area contributed by atoms with Gasteiger partial charge in [0.2, 0.25) is 17.0 Å². The third-order valence-corrected chi connectivity index (χ3v) is 6.78. The summed E-state index contributed by atoms with van der Waals surface area (Å²) in [6, 6.07) is 14.1. The Hall–Kier alpha value is -3.23. The van der Waals surface area contributed by atoms with E-state index in [1.165, 1.54) is 16.8 Å². The van der Waals surface area contributed by atoms with Gasteiger partial charge in [-0.15, -0.1) is 0 Å². The molecule has 7 nitrogen and oxygen atoms in total. The van der Waals surface area contributed by atoms with E-state index in [0.29, 0.717) is 17.0 Å². The summed E-state index contributed by atoms with van der Waals surface area (Å²) in [7, 11) is 0. The Labute approximate surface area is 223 Å². The van der Waals surface area contributed by atoms with Crippen molar-refractivity contribution >= 4 is 52.2 Å². The average molecular weight is 522 g/mol. The maximum Gasteiger partial charge on any atom is 0.229 e. The van der Waals surface area contributed by atoms with Crippen molar-refractivity contribution in [1.29, 1.82) is 0 Å². The molecule has 1 aromatic heterocycles. The number of hydrogen-bond donors (Lipinski definition) is 2. The van der Waals surface area contributed by atoms with Gasteiger partial charge in [0, 0.05) is 54.0 Å². The third-order valence-electron chi connectivity index (χ3n) is 6.35. The molecule has 188 valence electrons. The van der Waals surface area contributed by atoms with E-state index in [1.807, 2.05) is 44.2 Å². The topological polar surface area (TPSA) is 68.7 Å². The van der Waals surface area contributed by atoms with Gasteiger partial charge in [0.1, 0.15) is 0 Å². The molecule has 1 saturated heterocycles. The van der Waals surface area contributed by atoms with E-state index >= 15 is 0 Å². The van der Waals surface area contributed by atoms with Crippen molar-refractivity contribution in [3.63, 3.8) is 0 Å². The van der Waals surface area contributed by atoms with Crippen LogP contribution in [0, 0.1) is 34.6 Å². The number of thiocarbonyl (C=S) groups is 1. The van der Waals surface area contributed by atoms with Crippen LogP contribution in [-0.2, 0) is 0 Å². The number of aromatic nitrogens is 2. The van der Waals surface area contributed by atoms with Gasteiger partial charge in [-0.25, -0.2) is 9.97 Å². The Kier molecular flexibility index (Phi) is 8.06. The van der Waals surface area contributed by atoms with Crippen LogP contribution in [0.1, 0.15) is 28.1 Å². The average Bonchev–Trinajstić information content (AvgIpc) is 2.83. The van der Waals surface area contributed by atoms with Crippen molar-refractivity contribution in [1.82, 2.24) is 14.9 Å². The lowest BCUT2D eigenvalue weighted by atomic mass is 10.1. The molecule has 1 aliphatic heterocycles. The van der Waals surface area contributed by atoms with Crippen molar-refractivity contribution in [3.05, 3.63) is 75.6 Å². The number of guanidine groups is 1. The molecule has 2 heterocycles. The highest BCUT2D eigenvalue weighted by Crippen LogP contribution is 2.25. The summed E-state index contributed by atoms with van der Waals surface area (Å²) in [6.07, 6.45) is 0. The first kappa shape index (κ1) is 25.9. The number of aryl methyl sites for hydroxylation is 4. The molecule has 0 bridgehead atoms. The number of nitrogens with one attached hydrogen (secondary N) is 2. The molecule has 36 heavy (non-hydrogen) atoms. The van der Waals surface area contributed by atoms with Crippen molar-refractivity contribution in [2.24, 2.45) is 4.99 Å². The third kappa shape index (κ3) is 6.30. The maximum absolute atomic E-state index is 6.27. The number of rotatable bonds is 3. The zero-order valence-electron chi connectivity index (χ0n) is 21.4. The van der Waals surface area contributed by atoms with Crippen LogP contribution in [0.15, 0.2) is 47.5 Å². The molecule has 4 rings (SSSR count). The zero-order valence-corrected chi connectivity index (χ0v) is 23.0. The summed E-state index contributed by atoms with van der Waals surface area (Å²) in [5.74, 6) is 1.14. The minimum absolute atomic E-state index is 0.378. The molecule has 0 aliphatic carbocycles. The summed E-state index contributed by atoms with van der Waals surface area (Å²) in [4.78, 5) is 18.4. The molecule has 0 spiro atoms. The van der Waals surface area contributed by atoms with E-state index in [-0.39, 0.29) is 0 Å². The van der Waals surface area contributed by atoms with Crippen LogP contribution in [0.5, 0.6) is 0 Å². The highest BCUT2D eigenvalue weighted by molar-refractivity contribution is 7.80. The summed E-state index contributed by atoms with van der Waals surface area (Å²) in [5, 5.41) is 7.75. The molecule has 0 saturated carbocycles. The fourth-order valence-corrected chi connectivity index (χ4v) is 4.63. The fraction of sp³-hybridized carbons (Fsp3) is 0.333. The van der Waals surface area contributed by atoms with Crippen LogP contribution in [-0.4, -0.2) is 52.1 Å². The van der Waals surface area contributed by atoms with E-state index in [0.717, 1.165) is 53.8 Å². The Balaban J connectivity index is 1.56. The second-order valence-electron chi connectivity index (χ2n) is 9.12. The second kappa shape index (κ2) is 11.2. The van der Waals surface area contributed by atoms with Gasteiger partial charge < -0.3 is 15.1 Å². The van der Waals surface area contributed by atoms with Crippen LogP contribution in [0.3, 0.4) is 0 Å². The highest BCUT2D eigenvalue weighted by Gasteiger charge is 2.22. The lowest BCUT2D eigenvalue weighted by molar-refractivity contribution is 0.385. The Morgan fingerprint density at radius 2 is 1.58 bits per heavy atom.